The molecule has 1 aliphatic heterocycles. The smallest absolute Gasteiger partial charge is 0.239 e. The van der Waals surface area contributed by atoms with Crippen LogP contribution in [0.5, 0.6) is 0 Å². The molecule has 0 aromatic heterocycles. The number of hydrogen-bond donors (Lipinski definition) is 0. The maximum Gasteiger partial charge on any atom is 0.239 e. The summed E-state index contributed by atoms with van der Waals surface area (Å²) in [4.78, 5) is 27.6. The van der Waals surface area contributed by atoms with Crippen molar-refractivity contribution in [1.82, 2.24) is 9.80 Å². The Bertz CT molecular complexity index is 292. The van der Waals surface area contributed by atoms with Crippen LogP contribution in [0.4, 0.5) is 0 Å². The summed E-state index contributed by atoms with van der Waals surface area (Å²) >= 11 is 0. The molecule has 0 aromatic rings. The predicted octanol–water partition coefficient (Wildman–Crippen LogP) is 1.54. The van der Waals surface area contributed by atoms with Gasteiger partial charge in [0.25, 0.3) is 0 Å². The number of nitrogens with zero attached hydrogens (tertiary/aromatic N) is 2. The van der Waals surface area contributed by atoms with Gasteiger partial charge in [0.2, 0.25) is 5.91 Å². The number of carbonyl (C=O) groups excluding carboxylic acids is 2. The molecule has 0 aromatic carbocycles. The minimum atomic E-state index is -0.0576. The Hall–Kier alpha value is -0.900. The molecule has 0 spiro atoms. The van der Waals surface area contributed by atoms with Crippen molar-refractivity contribution in [3.05, 3.63) is 0 Å². The van der Waals surface area contributed by atoms with Crippen molar-refractivity contribution >= 4 is 11.7 Å². The Balaban J connectivity index is 2.51. The first-order valence-electron chi connectivity index (χ1n) is 7.04. The van der Waals surface area contributed by atoms with Crippen molar-refractivity contribution in [1.29, 1.82) is 0 Å². The van der Waals surface area contributed by atoms with E-state index in [-0.39, 0.29) is 23.7 Å². The largest absolute Gasteiger partial charge is 0.342 e. The lowest BCUT2D eigenvalue weighted by Crippen LogP contribution is -2.50. The first-order chi connectivity index (χ1) is 8.51. The molecule has 4 nitrogen and oxygen atoms in total. The van der Waals surface area contributed by atoms with E-state index in [9.17, 15) is 9.59 Å². The molecule has 0 bridgehead atoms. The van der Waals surface area contributed by atoms with E-state index < -0.39 is 0 Å². The Morgan fingerprint density at radius 3 is 2.11 bits per heavy atom. The van der Waals surface area contributed by atoms with Crippen molar-refractivity contribution in [3.63, 3.8) is 0 Å². The quantitative estimate of drug-likeness (QED) is 0.747. The molecular weight excluding hydrogens is 228 g/mol. The van der Waals surface area contributed by atoms with Crippen LogP contribution < -0.4 is 0 Å². The lowest BCUT2D eigenvalue weighted by atomic mass is 9.92. The lowest BCUT2D eigenvalue weighted by Gasteiger charge is -2.36. The van der Waals surface area contributed by atoms with E-state index in [2.05, 4.69) is 4.90 Å². The van der Waals surface area contributed by atoms with Crippen LogP contribution >= 0.6 is 0 Å². The Morgan fingerprint density at radius 2 is 1.72 bits per heavy atom. The summed E-state index contributed by atoms with van der Waals surface area (Å²) < 4.78 is 0. The highest BCUT2D eigenvalue weighted by Gasteiger charge is 2.29. The van der Waals surface area contributed by atoms with E-state index in [1.165, 1.54) is 0 Å². The molecule has 1 atom stereocenters. The van der Waals surface area contributed by atoms with Crippen LogP contribution in [0, 0.1) is 5.92 Å². The van der Waals surface area contributed by atoms with Crippen molar-refractivity contribution < 1.29 is 9.59 Å². The monoisotopic (exact) mass is 254 g/mol. The van der Waals surface area contributed by atoms with Crippen molar-refractivity contribution in [2.45, 2.75) is 46.6 Å². The molecule has 18 heavy (non-hydrogen) atoms. The third kappa shape index (κ3) is 3.55. The first kappa shape index (κ1) is 15.2. The molecule has 104 valence electrons. The second-order valence-corrected chi connectivity index (χ2v) is 5.11. The van der Waals surface area contributed by atoms with Gasteiger partial charge in [0.1, 0.15) is 5.78 Å². The van der Waals surface area contributed by atoms with Gasteiger partial charge >= 0.3 is 0 Å². The maximum absolute atomic E-state index is 12.2. The van der Waals surface area contributed by atoms with Gasteiger partial charge in [-0.15, -0.1) is 0 Å². The van der Waals surface area contributed by atoms with E-state index in [4.69, 9.17) is 0 Å². The summed E-state index contributed by atoms with van der Waals surface area (Å²) in [6, 6.07) is -0.0576. The highest BCUT2D eigenvalue weighted by Crippen LogP contribution is 2.20. The number of rotatable bonds is 5. The van der Waals surface area contributed by atoms with Crippen molar-refractivity contribution in [2.75, 3.05) is 26.2 Å². The lowest BCUT2D eigenvalue weighted by molar-refractivity contribution is -0.136. The van der Waals surface area contributed by atoms with Gasteiger partial charge in [-0.25, -0.2) is 0 Å². The minimum absolute atomic E-state index is 0.0576. The van der Waals surface area contributed by atoms with Crippen LogP contribution in [0.2, 0.25) is 0 Å². The molecule has 1 saturated heterocycles. The number of likely N-dealkylation sites (tertiary alicyclic amines) is 1. The molecular formula is C14H26N2O2. The van der Waals surface area contributed by atoms with Crippen LogP contribution in [0.15, 0.2) is 0 Å². The molecule has 0 aliphatic carbocycles. The number of likely N-dealkylation sites (N-methyl/N-ethyl adjacent to an activating group) is 1. The van der Waals surface area contributed by atoms with Gasteiger partial charge in [-0.1, -0.05) is 0 Å². The van der Waals surface area contributed by atoms with E-state index in [1.54, 1.807) is 6.92 Å². The zero-order valence-electron chi connectivity index (χ0n) is 12.1. The highest BCUT2D eigenvalue weighted by molar-refractivity contribution is 5.81. The normalized spacial score (nSPS) is 19.6. The summed E-state index contributed by atoms with van der Waals surface area (Å²) in [5.41, 5.74) is 0. The number of amides is 1. The summed E-state index contributed by atoms with van der Waals surface area (Å²) in [6.07, 6.45) is 1.79. The maximum atomic E-state index is 12.2. The van der Waals surface area contributed by atoms with Crippen molar-refractivity contribution in [3.8, 4) is 0 Å². The molecule has 4 heteroatoms. The fraction of sp³-hybridized carbons (Fsp3) is 0.857. The van der Waals surface area contributed by atoms with E-state index in [0.717, 1.165) is 39.0 Å². The summed E-state index contributed by atoms with van der Waals surface area (Å²) in [6.45, 7) is 10.9. The Morgan fingerprint density at radius 1 is 1.22 bits per heavy atom. The molecule has 0 N–H and O–H groups in total. The zero-order chi connectivity index (χ0) is 13.7. The van der Waals surface area contributed by atoms with Gasteiger partial charge in [-0.2, -0.15) is 0 Å². The highest BCUT2D eigenvalue weighted by atomic mass is 16.2. The van der Waals surface area contributed by atoms with Crippen LogP contribution in [0.3, 0.4) is 0 Å². The molecule has 1 fully saturated rings. The second kappa shape index (κ2) is 6.88. The molecule has 1 aliphatic rings. The molecule has 0 saturated carbocycles. The number of ketones is 1. The number of carbonyl (C=O) groups is 2. The second-order valence-electron chi connectivity index (χ2n) is 5.11. The van der Waals surface area contributed by atoms with Crippen LogP contribution in [0.25, 0.3) is 0 Å². The van der Waals surface area contributed by atoms with Gasteiger partial charge < -0.3 is 4.90 Å². The van der Waals surface area contributed by atoms with Gasteiger partial charge in [-0.3, -0.25) is 14.5 Å². The van der Waals surface area contributed by atoms with E-state index in [1.807, 2.05) is 25.7 Å². The Kier molecular flexibility index (Phi) is 5.79. The van der Waals surface area contributed by atoms with E-state index in [0.29, 0.717) is 0 Å². The van der Waals surface area contributed by atoms with Gasteiger partial charge in [0.15, 0.2) is 0 Å². The van der Waals surface area contributed by atoms with Crippen LogP contribution in [-0.4, -0.2) is 53.7 Å². The van der Waals surface area contributed by atoms with Gasteiger partial charge in [0.05, 0.1) is 6.04 Å². The summed E-state index contributed by atoms with van der Waals surface area (Å²) in [7, 11) is 0. The molecule has 1 heterocycles. The summed E-state index contributed by atoms with van der Waals surface area (Å²) in [5, 5.41) is 0. The van der Waals surface area contributed by atoms with Crippen LogP contribution in [0.1, 0.15) is 40.5 Å². The molecule has 0 radical (unpaired) electrons. The predicted molar refractivity (Wildman–Crippen MR) is 72.4 cm³/mol. The standard InChI is InChI=1S/C14H26N2O2/c1-5-15(6-2)14(18)11(3)16-9-7-13(8-10-16)12(4)17/h11,13H,5-10H2,1-4H3. The van der Waals surface area contributed by atoms with Crippen LogP contribution in [-0.2, 0) is 9.59 Å². The SMILES string of the molecule is CCN(CC)C(=O)C(C)N1CCC(C(C)=O)CC1. The number of Topliss-reactive ketones (excluding diaryl/α,β-unsaturated/α-hetero) is 1. The van der Waals surface area contributed by atoms with Gasteiger partial charge in [0, 0.05) is 19.0 Å². The van der Waals surface area contributed by atoms with Gasteiger partial charge in [-0.05, 0) is 53.6 Å². The molecule has 1 rings (SSSR count). The number of hydrogen-bond acceptors (Lipinski definition) is 3. The van der Waals surface area contributed by atoms with E-state index >= 15 is 0 Å². The fourth-order valence-electron chi connectivity index (χ4n) is 2.65. The topological polar surface area (TPSA) is 40.6 Å². The molecule has 1 amide bonds. The first-order valence-corrected chi connectivity index (χ1v) is 7.04. The fourth-order valence-corrected chi connectivity index (χ4v) is 2.65. The minimum Gasteiger partial charge on any atom is -0.342 e. The third-order valence-corrected chi connectivity index (χ3v) is 4.08. The average molecular weight is 254 g/mol. The molecule has 1 unspecified atom stereocenters. The number of piperidine rings is 1. The zero-order valence-corrected chi connectivity index (χ0v) is 12.1. The van der Waals surface area contributed by atoms with Crippen molar-refractivity contribution in [2.24, 2.45) is 5.92 Å². The Labute approximate surface area is 110 Å². The third-order valence-electron chi connectivity index (χ3n) is 4.08. The summed E-state index contributed by atoms with van der Waals surface area (Å²) in [5.74, 6) is 0.704. The average Bonchev–Trinajstić information content (AvgIpc) is 2.39.